The van der Waals surface area contributed by atoms with Crippen LogP contribution in [-0.4, -0.2) is 45.7 Å². The number of halogens is 6. The zero-order chi connectivity index (χ0) is 48.8. The predicted molar refractivity (Wildman–Crippen MR) is 237 cm³/mol. The molecule has 0 radical (unpaired) electrons. The van der Waals surface area contributed by atoms with E-state index in [1.807, 2.05) is 83.3 Å². The molecule has 0 saturated heterocycles. The molecule has 67 heavy (non-hydrogen) atoms. The van der Waals surface area contributed by atoms with Gasteiger partial charge >= 0.3 is 24.5 Å². The van der Waals surface area contributed by atoms with Gasteiger partial charge in [0.2, 0.25) is 5.88 Å². The number of carbonyl (C=O) groups excluding carboxylic acids is 2. The number of hydrogen-bond donors (Lipinski definition) is 2. The first-order valence-corrected chi connectivity index (χ1v) is 20.1. The van der Waals surface area contributed by atoms with Crippen molar-refractivity contribution in [2.75, 3.05) is 5.32 Å². The molecule has 0 bridgehead atoms. The molecule has 0 fully saturated rings. The minimum Gasteiger partial charge on any atom is -0.456 e. The highest BCUT2D eigenvalue weighted by Gasteiger charge is 2.32. The molecule has 0 aliphatic rings. The highest BCUT2D eigenvalue weighted by atomic mass is 19.4. The summed E-state index contributed by atoms with van der Waals surface area (Å²) < 4.78 is 93.1. The van der Waals surface area contributed by atoms with Gasteiger partial charge in [-0.05, 0) is 117 Å². The van der Waals surface area contributed by atoms with Gasteiger partial charge in [-0.25, -0.2) is 19.7 Å². The van der Waals surface area contributed by atoms with Crippen molar-refractivity contribution in [1.29, 1.82) is 5.26 Å². The molecular formula is C48H43F6N7O6. The minimum atomic E-state index is -4.87. The Kier molecular flexibility index (Phi) is 16.5. The number of amides is 2. The van der Waals surface area contributed by atoms with Gasteiger partial charge in [-0.15, -0.1) is 13.2 Å². The first-order valence-electron chi connectivity index (χ1n) is 20.1. The number of nitriles is 1. The number of carbonyl (C=O) groups is 2. The number of nitrogens with zero attached hydrogens (tertiary/aromatic N) is 5. The molecule has 0 aliphatic carbocycles. The van der Waals surface area contributed by atoms with Crippen LogP contribution in [0.1, 0.15) is 70.2 Å². The first-order chi connectivity index (χ1) is 31.7. The molecule has 2 amide bonds. The highest BCUT2D eigenvalue weighted by Crippen LogP contribution is 2.30. The normalized spacial score (nSPS) is 11.8. The second-order valence-corrected chi connectivity index (χ2v) is 15.3. The number of urea groups is 1. The van der Waals surface area contributed by atoms with Crippen LogP contribution in [0, 0.1) is 18.3 Å². The number of oxime groups is 1. The van der Waals surface area contributed by atoms with Crippen molar-refractivity contribution in [3.8, 4) is 23.4 Å². The van der Waals surface area contributed by atoms with E-state index in [2.05, 4.69) is 30.8 Å². The van der Waals surface area contributed by atoms with Crippen LogP contribution in [-0.2, 0) is 35.8 Å². The summed E-state index contributed by atoms with van der Waals surface area (Å²) in [4.78, 5) is 29.8. The molecule has 0 spiro atoms. The molecular weight excluding hydrogens is 885 g/mol. The number of benzene rings is 5. The number of aryl methyl sites for hydroxylation is 2. The van der Waals surface area contributed by atoms with Gasteiger partial charge in [0.1, 0.15) is 23.7 Å². The zero-order valence-electron chi connectivity index (χ0n) is 36.6. The minimum absolute atomic E-state index is 0.0246. The number of ether oxygens (including phenoxy) is 3. The summed E-state index contributed by atoms with van der Waals surface area (Å²) >= 11 is 0. The van der Waals surface area contributed by atoms with E-state index in [1.54, 1.807) is 35.2 Å². The number of aromatic nitrogens is 2. The molecule has 19 heteroatoms. The van der Waals surface area contributed by atoms with E-state index in [0.717, 1.165) is 53.2 Å². The van der Waals surface area contributed by atoms with Gasteiger partial charge in [0.25, 0.3) is 0 Å². The van der Waals surface area contributed by atoms with Crippen LogP contribution in [0.15, 0.2) is 138 Å². The van der Waals surface area contributed by atoms with Gasteiger partial charge in [0.05, 0.1) is 45.9 Å². The van der Waals surface area contributed by atoms with Gasteiger partial charge in [-0.3, -0.25) is 0 Å². The third-order valence-electron chi connectivity index (χ3n) is 8.86. The molecule has 1 aromatic heterocycles. The SMILES string of the molecule is Cc1nn(C)c(Oc2ccccc2)c1/C=N/OCc1ccc(C(=O)OC(C)(C)C)cc1.N#Cc1ccc(C/C(=N\NC(=O)Nc2ccc(OC(F)(F)F)cc2)c2cccc(C(F)(F)F)c2)cc1. The third-order valence-corrected chi connectivity index (χ3v) is 8.86. The largest absolute Gasteiger partial charge is 0.573 e. The maximum Gasteiger partial charge on any atom is 0.573 e. The Morgan fingerprint density at radius 3 is 2.07 bits per heavy atom. The van der Waals surface area contributed by atoms with Crippen LogP contribution < -0.4 is 20.2 Å². The number of esters is 1. The maximum atomic E-state index is 13.2. The molecule has 5 aromatic carbocycles. The smallest absolute Gasteiger partial charge is 0.456 e. The number of hydrazone groups is 1. The summed E-state index contributed by atoms with van der Waals surface area (Å²) in [6.07, 6.45) is -7.84. The molecule has 0 unspecified atom stereocenters. The zero-order valence-corrected chi connectivity index (χ0v) is 36.6. The summed E-state index contributed by atoms with van der Waals surface area (Å²) in [7, 11) is 1.82. The van der Waals surface area contributed by atoms with Crippen LogP contribution in [0.25, 0.3) is 0 Å². The van der Waals surface area contributed by atoms with Crippen molar-refractivity contribution in [3.63, 3.8) is 0 Å². The molecule has 13 nitrogen and oxygen atoms in total. The van der Waals surface area contributed by atoms with Crippen molar-refractivity contribution in [2.24, 2.45) is 17.3 Å². The van der Waals surface area contributed by atoms with Crippen molar-refractivity contribution >= 4 is 29.6 Å². The highest BCUT2D eigenvalue weighted by molar-refractivity contribution is 6.03. The topological polar surface area (TPSA) is 161 Å². The molecule has 6 rings (SSSR count). The standard InChI is InChI=1S/C24H16F6N4O2.C24H27N3O4/c25-23(26,27)18-3-1-2-17(13-18)21(12-15-4-6-16(14-31)7-5-15)33-34-22(35)32-19-8-10-20(11-9-19)36-24(28,29)30;1-17-21(22(27(5)26-17)30-20-9-7-6-8-10-20)15-25-29-16-18-11-13-19(14-12-18)23(28)31-24(2,3)4/h1-11,13H,12H2,(H2,32,34,35);6-15H,16H2,1-5H3/b33-21+;25-15+. The first kappa shape index (κ1) is 49.9. The number of nitrogens with one attached hydrogen (secondary N) is 2. The van der Waals surface area contributed by atoms with E-state index >= 15 is 0 Å². The quantitative estimate of drug-likeness (QED) is 0.0501. The van der Waals surface area contributed by atoms with Crippen molar-refractivity contribution in [2.45, 2.75) is 58.9 Å². The molecule has 1 heterocycles. The van der Waals surface area contributed by atoms with E-state index in [4.69, 9.17) is 19.6 Å². The van der Waals surface area contributed by atoms with Gasteiger partial charge in [0, 0.05) is 19.2 Å². The number of hydrogen-bond acceptors (Lipinski definition) is 10. The number of anilines is 1. The molecule has 0 atom stereocenters. The molecule has 348 valence electrons. The average Bonchev–Trinajstić information content (AvgIpc) is 3.54. The van der Waals surface area contributed by atoms with Crippen LogP contribution >= 0.6 is 0 Å². The van der Waals surface area contributed by atoms with Crippen LogP contribution in [0.2, 0.25) is 0 Å². The lowest BCUT2D eigenvalue weighted by Crippen LogP contribution is -2.26. The predicted octanol–water partition coefficient (Wildman–Crippen LogP) is 11.3. The van der Waals surface area contributed by atoms with Gasteiger partial charge in [0.15, 0.2) is 0 Å². The summed E-state index contributed by atoms with van der Waals surface area (Å²) in [5, 5.41) is 23.7. The van der Waals surface area contributed by atoms with Gasteiger partial charge in [-0.1, -0.05) is 59.8 Å². The number of rotatable bonds is 13. The summed E-state index contributed by atoms with van der Waals surface area (Å²) in [5.74, 6) is 0.459. The van der Waals surface area contributed by atoms with Gasteiger partial charge < -0.3 is 24.4 Å². The Hall–Kier alpha value is -8.14. The Morgan fingerprint density at radius 1 is 0.806 bits per heavy atom. The van der Waals surface area contributed by atoms with Crippen molar-refractivity contribution < 1.29 is 55.0 Å². The van der Waals surface area contributed by atoms with Crippen LogP contribution in [0.4, 0.5) is 36.8 Å². The van der Waals surface area contributed by atoms with Crippen molar-refractivity contribution in [3.05, 3.63) is 172 Å². The van der Waals surface area contributed by atoms with Crippen LogP contribution in [0.5, 0.6) is 17.4 Å². The lowest BCUT2D eigenvalue weighted by Gasteiger charge is -2.19. The molecule has 0 saturated carbocycles. The average molecular weight is 928 g/mol. The van der Waals surface area contributed by atoms with E-state index in [-0.39, 0.29) is 36.0 Å². The van der Waals surface area contributed by atoms with E-state index in [0.29, 0.717) is 28.3 Å². The monoisotopic (exact) mass is 927 g/mol. The fraction of sp³-hybridized carbons (Fsp3) is 0.208. The Balaban J connectivity index is 0.000000254. The second-order valence-electron chi connectivity index (χ2n) is 15.3. The Morgan fingerprint density at radius 2 is 1.46 bits per heavy atom. The number of alkyl halides is 6. The fourth-order valence-corrected chi connectivity index (χ4v) is 5.79. The van der Waals surface area contributed by atoms with Gasteiger partial charge in [-0.2, -0.15) is 28.6 Å². The second kappa shape index (κ2) is 22.2. The number of para-hydroxylation sites is 1. The molecule has 6 aromatic rings. The molecule has 2 N–H and O–H groups in total. The third kappa shape index (κ3) is 16.1. The summed E-state index contributed by atoms with van der Waals surface area (Å²) in [5.41, 5.74) is 4.96. The lowest BCUT2D eigenvalue weighted by molar-refractivity contribution is -0.274. The maximum absolute atomic E-state index is 13.2. The summed E-state index contributed by atoms with van der Waals surface area (Å²) in [6, 6.07) is 32.6. The lowest BCUT2D eigenvalue weighted by atomic mass is 9.99. The molecule has 0 aliphatic heterocycles. The van der Waals surface area contributed by atoms with E-state index in [9.17, 15) is 35.9 Å². The van der Waals surface area contributed by atoms with Crippen molar-refractivity contribution in [1.82, 2.24) is 15.2 Å². The van der Waals surface area contributed by atoms with E-state index in [1.165, 1.54) is 24.3 Å². The van der Waals surface area contributed by atoms with Crippen LogP contribution in [0.3, 0.4) is 0 Å². The Labute approximate surface area is 381 Å². The fourth-order valence-electron chi connectivity index (χ4n) is 5.79. The summed E-state index contributed by atoms with van der Waals surface area (Å²) in [6.45, 7) is 7.66. The van der Waals surface area contributed by atoms with E-state index < -0.39 is 35.5 Å². The Bertz CT molecular complexity index is 2710.